The van der Waals surface area contributed by atoms with Crippen LogP contribution in [0.2, 0.25) is 0 Å². The topological polar surface area (TPSA) is 29.5 Å². The number of benzene rings is 3. The molecule has 118 valence electrons. The highest BCUT2D eigenvalue weighted by Crippen LogP contribution is 2.38. The Labute approximate surface area is 137 Å². The van der Waals surface area contributed by atoms with Gasteiger partial charge in [0.2, 0.25) is 0 Å². The van der Waals surface area contributed by atoms with E-state index in [9.17, 15) is 5.11 Å². The van der Waals surface area contributed by atoms with Gasteiger partial charge in [-0.2, -0.15) is 0 Å². The Morgan fingerprint density at radius 1 is 0.783 bits per heavy atom. The number of ether oxygens (including phenoxy) is 1. The predicted molar refractivity (Wildman–Crippen MR) is 95.8 cm³/mol. The van der Waals surface area contributed by atoms with Gasteiger partial charge in [0.1, 0.15) is 5.75 Å². The largest absolute Gasteiger partial charge is 0.491 e. The van der Waals surface area contributed by atoms with E-state index in [0.29, 0.717) is 0 Å². The van der Waals surface area contributed by atoms with Crippen molar-refractivity contribution < 1.29 is 9.84 Å². The summed E-state index contributed by atoms with van der Waals surface area (Å²) in [7, 11) is 0. The molecule has 1 N–H and O–H groups in total. The van der Waals surface area contributed by atoms with Gasteiger partial charge in [0.05, 0.1) is 12.2 Å². The van der Waals surface area contributed by atoms with Gasteiger partial charge in [-0.25, -0.2) is 0 Å². The Morgan fingerprint density at radius 3 is 2.17 bits per heavy atom. The van der Waals surface area contributed by atoms with Gasteiger partial charge in [0.25, 0.3) is 0 Å². The third kappa shape index (κ3) is 3.08. The molecule has 2 nitrogen and oxygen atoms in total. The van der Waals surface area contributed by atoms with Gasteiger partial charge in [0.15, 0.2) is 0 Å². The van der Waals surface area contributed by atoms with Crippen LogP contribution in [0.3, 0.4) is 0 Å². The Kier molecular flexibility index (Phi) is 4.35. The lowest BCUT2D eigenvalue weighted by Crippen LogP contribution is -2.09. The Bertz CT molecular complexity index is 814. The quantitative estimate of drug-likeness (QED) is 0.704. The number of aliphatic hydroxyl groups excluding tert-OH is 1. The summed E-state index contributed by atoms with van der Waals surface area (Å²) in [4.78, 5) is 0. The lowest BCUT2D eigenvalue weighted by atomic mass is 9.92. The number of fused-ring (bicyclic) bond motifs is 1. The smallest absolute Gasteiger partial charge is 0.126 e. The second-order valence-corrected chi connectivity index (χ2v) is 6.09. The molecule has 0 spiro atoms. The molecular formula is C21H22O2. The Morgan fingerprint density at radius 2 is 1.43 bits per heavy atom. The average Bonchev–Trinajstić information content (AvgIpc) is 2.53. The van der Waals surface area contributed by atoms with Crippen molar-refractivity contribution in [3.63, 3.8) is 0 Å². The van der Waals surface area contributed by atoms with Crippen LogP contribution in [-0.4, -0.2) is 11.2 Å². The maximum atomic E-state index is 10.4. The van der Waals surface area contributed by atoms with Crippen LogP contribution in [0.4, 0.5) is 0 Å². The molecule has 0 unspecified atom stereocenters. The van der Waals surface area contributed by atoms with Crippen molar-refractivity contribution in [3.8, 4) is 16.9 Å². The van der Waals surface area contributed by atoms with Crippen LogP contribution in [0.1, 0.15) is 32.4 Å². The van der Waals surface area contributed by atoms with E-state index >= 15 is 0 Å². The van der Waals surface area contributed by atoms with Crippen LogP contribution < -0.4 is 4.74 Å². The van der Waals surface area contributed by atoms with E-state index < -0.39 is 6.10 Å². The zero-order valence-electron chi connectivity index (χ0n) is 13.8. The molecule has 0 aliphatic heterocycles. The highest BCUT2D eigenvalue weighted by molar-refractivity contribution is 5.97. The van der Waals surface area contributed by atoms with Crippen LogP contribution in [-0.2, 0) is 0 Å². The zero-order chi connectivity index (χ0) is 16.4. The van der Waals surface area contributed by atoms with E-state index in [4.69, 9.17) is 4.74 Å². The maximum absolute atomic E-state index is 10.4. The average molecular weight is 306 g/mol. The molecule has 3 rings (SSSR count). The van der Waals surface area contributed by atoms with Crippen LogP contribution in [0.15, 0.2) is 60.7 Å². The minimum absolute atomic E-state index is 0.0651. The van der Waals surface area contributed by atoms with E-state index in [1.165, 1.54) is 10.8 Å². The third-order valence-electron chi connectivity index (χ3n) is 3.93. The normalized spacial score (nSPS) is 12.6. The first kappa shape index (κ1) is 15.6. The van der Waals surface area contributed by atoms with Crippen molar-refractivity contribution in [1.82, 2.24) is 0 Å². The van der Waals surface area contributed by atoms with Gasteiger partial charge >= 0.3 is 0 Å². The molecule has 0 aromatic heterocycles. The van der Waals surface area contributed by atoms with Crippen LogP contribution in [0.5, 0.6) is 5.75 Å². The summed E-state index contributed by atoms with van der Waals surface area (Å²) in [6.45, 7) is 5.78. The molecule has 0 saturated heterocycles. The standard InChI is InChI=1S/C21H22O2/c1-14(2)23-20-13-7-12-19(21(20)15(3)22)18-11-6-9-16-8-4-5-10-17(16)18/h4-15,22H,1-3H3/t15-/m0/s1. The molecule has 0 radical (unpaired) electrons. The minimum Gasteiger partial charge on any atom is -0.491 e. The van der Waals surface area contributed by atoms with Gasteiger partial charge in [-0.3, -0.25) is 0 Å². The van der Waals surface area contributed by atoms with E-state index in [0.717, 1.165) is 22.4 Å². The van der Waals surface area contributed by atoms with Crippen molar-refractivity contribution in [2.75, 3.05) is 0 Å². The van der Waals surface area contributed by atoms with E-state index in [1.807, 2.05) is 38.1 Å². The third-order valence-corrected chi connectivity index (χ3v) is 3.93. The molecule has 0 fully saturated rings. The predicted octanol–water partition coefficient (Wildman–Crippen LogP) is 5.35. The van der Waals surface area contributed by atoms with Gasteiger partial charge in [-0.15, -0.1) is 0 Å². The Hall–Kier alpha value is -2.32. The van der Waals surface area contributed by atoms with Crippen molar-refractivity contribution >= 4 is 10.8 Å². The molecule has 0 bridgehead atoms. The number of hydrogen-bond acceptors (Lipinski definition) is 2. The second-order valence-electron chi connectivity index (χ2n) is 6.09. The summed E-state index contributed by atoms with van der Waals surface area (Å²) in [5.41, 5.74) is 2.99. The van der Waals surface area contributed by atoms with E-state index in [2.05, 4.69) is 36.4 Å². The summed E-state index contributed by atoms with van der Waals surface area (Å²) >= 11 is 0. The highest BCUT2D eigenvalue weighted by Gasteiger charge is 2.17. The van der Waals surface area contributed by atoms with Crippen molar-refractivity contribution in [2.24, 2.45) is 0 Å². The van der Waals surface area contributed by atoms with Crippen molar-refractivity contribution in [3.05, 3.63) is 66.2 Å². The van der Waals surface area contributed by atoms with Gasteiger partial charge in [-0.05, 0) is 48.7 Å². The van der Waals surface area contributed by atoms with E-state index in [1.54, 1.807) is 6.92 Å². The minimum atomic E-state index is -0.598. The molecule has 3 aromatic carbocycles. The molecule has 3 aromatic rings. The summed E-state index contributed by atoms with van der Waals surface area (Å²) in [5.74, 6) is 0.750. The zero-order valence-corrected chi connectivity index (χ0v) is 13.8. The first-order chi connectivity index (χ1) is 11.1. The van der Waals surface area contributed by atoms with E-state index in [-0.39, 0.29) is 6.10 Å². The first-order valence-electron chi connectivity index (χ1n) is 8.03. The lowest BCUT2D eigenvalue weighted by molar-refractivity contribution is 0.183. The summed E-state index contributed by atoms with van der Waals surface area (Å²) in [6, 6.07) is 20.5. The van der Waals surface area contributed by atoms with Gasteiger partial charge < -0.3 is 9.84 Å². The molecule has 0 heterocycles. The molecule has 0 aliphatic carbocycles. The fraction of sp³-hybridized carbons (Fsp3) is 0.238. The molecule has 0 amide bonds. The van der Waals surface area contributed by atoms with Gasteiger partial charge in [-0.1, -0.05) is 54.6 Å². The summed E-state index contributed by atoms with van der Waals surface area (Å²) in [6.07, 6.45) is -0.533. The maximum Gasteiger partial charge on any atom is 0.126 e. The van der Waals surface area contributed by atoms with Crippen LogP contribution in [0, 0.1) is 0 Å². The molecule has 0 aliphatic rings. The number of rotatable bonds is 4. The Balaban J connectivity index is 2.26. The molecule has 23 heavy (non-hydrogen) atoms. The molecule has 0 saturated carbocycles. The van der Waals surface area contributed by atoms with Crippen LogP contribution >= 0.6 is 0 Å². The number of hydrogen-bond donors (Lipinski definition) is 1. The monoisotopic (exact) mass is 306 g/mol. The first-order valence-corrected chi connectivity index (χ1v) is 8.03. The lowest BCUT2D eigenvalue weighted by Gasteiger charge is -2.20. The van der Waals surface area contributed by atoms with Gasteiger partial charge in [0, 0.05) is 5.56 Å². The molecule has 2 heteroatoms. The number of aliphatic hydroxyl groups is 1. The molecule has 1 atom stereocenters. The SMILES string of the molecule is CC(C)Oc1cccc(-c2cccc3ccccc23)c1[C@H](C)O. The fourth-order valence-corrected chi connectivity index (χ4v) is 3.03. The molecular weight excluding hydrogens is 284 g/mol. The highest BCUT2D eigenvalue weighted by atomic mass is 16.5. The van der Waals surface area contributed by atoms with Crippen molar-refractivity contribution in [1.29, 1.82) is 0 Å². The fourth-order valence-electron chi connectivity index (χ4n) is 3.03. The summed E-state index contributed by atoms with van der Waals surface area (Å²) < 4.78 is 5.92. The van der Waals surface area contributed by atoms with Crippen LogP contribution in [0.25, 0.3) is 21.9 Å². The second kappa shape index (κ2) is 6.43. The van der Waals surface area contributed by atoms with Crippen molar-refractivity contribution in [2.45, 2.75) is 33.0 Å². The summed E-state index contributed by atoms with van der Waals surface area (Å²) in [5, 5.41) is 12.7.